The van der Waals surface area contributed by atoms with Crippen molar-refractivity contribution in [2.24, 2.45) is 0 Å². The summed E-state index contributed by atoms with van der Waals surface area (Å²) in [7, 11) is 1.64. The lowest BCUT2D eigenvalue weighted by atomic mass is 10.0. The van der Waals surface area contributed by atoms with E-state index in [1.54, 1.807) is 18.1 Å². The van der Waals surface area contributed by atoms with Gasteiger partial charge in [0.25, 0.3) is 0 Å². The number of methoxy groups -OCH3 is 1. The number of rotatable bonds is 5. The fourth-order valence-electron chi connectivity index (χ4n) is 2.47. The highest BCUT2D eigenvalue weighted by Crippen LogP contribution is 2.21. The molecule has 2 heterocycles. The van der Waals surface area contributed by atoms with E-state index in [-0.39, 0.29) is 17.6 Å². The molecule has 0 spiro atoms. The van der Waals surface area contributed by atoms with E-state index in [1.807, 2.05) is 18.7 Å². The average molecular weight is 282 g/mol. The van der Waals surface area contributed by atoms with Gasteiger partial charge in [-0.2, -0.15) is 5.10 Å². The first-order valence-electron chi connectivity index (χ1n) is 6.77. The lowest BCUT2D eigenvalue weighted by Crippen LogP contribution is -2.55. The van der Waals surface area contributed by atoms with Crippen molar-refractivity contribution >= 4 is 5.91 Å². The molecule has 7 nitrogen and oxygen atoms in total. The maximum absolute atomic E-state index is 12.3. The van der Waals surface area contributed by atoms with Crippen LogP contribution in [0.15, 0.2) is 12.7 Å². The van der Waals surface area contributed by atoms with Crippen molar-refractivity contribution in [2.45, 2.75) is 38.5 Å². The minimum Gasteiger partial charge on any atom is -0.382 e. The van der Waals surface area contributed by atoms with Gasteiger partial charge in [-0.15, -0.1) is 0 Å². The predicted octanol–water partition coefficient (Wildman–Crippen LogP) is 0.321. The third-order valence-electron chi connectivity index (χ3n) is 3.21. The van der Waals surface area contributed by atoms with Crippen LogP contribution in [0.2, 0.25) is 0 Å². The largest absolute Gasteiger partial charge is 0.382 e. The van der Waals surface area contributed by atoms with Crippen molar-refractivity contribution in [1.29, 1.82) is 0 Å². The SMILES string of the molecule is COCC1CN(C(=O)CCn2cncn2)CC(C)(C)O1. The molecule has 1 aliphatic rings. The van der Waals surface area contributed by atoms with Gasteiger partial charge in [-0.1, -0.05) is 0 Å². The Bertz CT molecular complexity index is 433. The van der Waals surface area contributed by atoms with E-state index in [2.05, 4.69) is 10.1 Å². The molecule has 1 amide bonds. The number of amides is 1. The van der Waals surface area contributed by atoms with Crippen LogP contribution in [-0.2, 0) is 20.8 Å². The van der Waals surface area contributed by atoms with E-state index < -0.39 is 0 Å². The maximum atomic E-state index is 12.3. The summed E-state index contributed by atoms with van der Waals surface area (Å²) in [6.07, 6.45) is 3.43. The van der Waals surface area contributed by atoms with E-state index in [0.29, 0.717) is 32.7 Å². The molecule has 0 N–H and O–H groups in total. The van der Waals surface area contributed by atoms with Crippen molar-refractivity contribution in [1.82, 2.24) is 19.7 Å². The normalized spacial score (nSPS) is 21.9. The van der Waals surface area contributed by atoms with Gasteiger partial charge in [-0.25, -0.2) is 4.98 Å². The van der Waals surface area contributed by atoms with Crippen LogP contribution < -0.4 is 0 Å². The Kier molecular flexibility index (Phi) is 4.72. The molecular formula is C13H22N4O3. The molecule has 1 atom stereocenters. The topological polar surface area (TPSA) is 69.5 Å². The molecule has 0 bridgehead atoms. The van der Waals surface area contributed by atoms with E-state index in [4.69, 9.17) is 9.47 Å². The number of morpholine rings is 1. The predicted molar refractivity (Wildman–Crippen MR) is 72.0 cm³/mol. The Morgan fingerprint density at radius 2 is 2.35 bits per heavy atom. The van der Waals surface area contributed by atoms with Gasteiger partial charge in [-0.05, 0) is 13.8 Å². The first-order chi connectivity index (χ1) is 9.50. The summed E-state index contributed by atoms with van der Waals surface area (Å²) in [4.78, 5) is 18.0. The fourth-order valence-corrected chi connectivity index (χ4v) is 2.47. The Balaban J connectivity index is 1.90. The molecular weight excluding hydrogens is 260 g/mol. The number of carbonyl (C=O) groups excluding carboxylic acids is 1. The molecule has 0 radical (unpaired) electrons. The molecule has 0 saturated carbocycles. The van der Waals surface area contributed by atoms with Crippen LogP contribution in [0.4, 0.5) is 0 Å². The number of aryl methyl sites for hydroxylation is 1. The molecule has 2 rings (SSSR count). The van der Waals surface area contributed by atoms with Gasteiger partial charge in [-0.3, -0.25) is 9.48 Å². The number of hydrogen-bond acceptors (Lipinski definition) is 5. The second-order valence-corrected chi connectivity index (χ2v) is 5.64. The summed E-state index contributed by atoms with van der Waals surface area (Å²) in [6, 6.07) is 0. The van der Waals surface area contributed by atoms with Crippen LogP contribution in [0.1, 0.15) is 20.3 Å². The quantitative estimate of drug-likeness (QED) is 0.778. The molecule has 0 aromatic carbocycles. The summed E-state index contributed by atoms with van der Waals surface area (Å²) in [5, 5.41) is 4.00. The molecule has 1 fully saturated rings. The van der Waals surface area contributed by atoms with E-state index in [0.717, 1.165) is 0 Å². The van der Waals surface area contributed by atoms with Crippen molar-refractivity contribution in [3.8, 4) is 0 Å². The molecule has 1 aromatic rings. The third-order valence-corrected chi connectivity index (χ3v) is 3.21. The molecule has 7 heteroatoms. The van der Waals surface area contributed by atoms with Crippen molar-refractivity contribution < 1.29 is 14.3 Å². The van der Waals surface area contributed by atoms with Crippen LogP contribution in [0.3, 0.4) is 0 Å². The summed E-state index contributed by atoms with van der Waals surface area (Å²) < 4.78 is 12.7. The van der Waals surface area contributed by atoms with Crippen molar-refractivity contribution in [2.75, 3.05) is 26.8 Å². The van der Waals surface area contributed by atoms with Crippen LogP contribution in [0.25, 0.3) is 0 Å². The van der Waals surface area contributed by atoms with Crippen LogP contribution in [0, 0.1) is 0 Å². The van der Waals surface area contributed by atoms with Crippen LogP contribution in [0.5, 0.6) is 0 Å². The maximum Gasteiger partial charge on any atom is 0.224 e. The number of hydrogen-bond donors (Lipinski definition) is 0. The first kappa shape index (κ1) is 14.9. The summed E-state index contributed by atoms with van der Waals surface area (Å²) >= 11 is 0. The van der Waals surface area contributed by atoms with Gasteiger partial charge in [0, 0.05) is 26.6 Å². The highest BCUT2D eigenvalue weighted by atomic mass is 16.5. The van der Waals surface area contributed by atoms with E-state index >= 15 is 0 Å². The average Bonchev–Trinajstić information content (AvgIpc) is 2.87. The van der Waals surface area contributed by atoms with E-state index in [1.165, 1.54) is 6.33 Å². The molecule has 1 aliphatic heterocycles. The second kappa shape index (κ2) is 6.32. The zero-order chi connectivity index (χ0) is 14.6. The summed E-state index contributed by atoms with van der Waals surface area (Å²) in [5.74, 6) is 0.109. The number of aromatic nitrogens is 3. The molecule has 1 aromatic heterocycles. The molecule has 1 unspecified atom stereocenters. The number of ether oxygens (including phenoxy) is 2. The van der Waals surface area contributed by atoms with Gasteiger partial charge in [0.05, 0.1) is 24.9 Å². The number of nitrogens with zero attached hydrogens (tertiary/aromatic N) is 4. The summed E-state index contributed by atoms with van der Waals surface area (Å²) in [6.45, 7) is 6.21. The molecule has 0 aliphatic carbocycles. The smallest absolute Gasteiger partial charge is 0.224 e. The second-order valence-electron chi connectivity index (χ2n) is 5.64. The standard InChI is InChI=1S/C13H22N4O3/c1-13(2)8-16(6-11(20-13)7-19-3)12(18)4-5-17-10-14-9-15-17/h9-11H,4-8H2,1-3H3. The van der Waals surface area contributed by atoms with Crippen LogP contribution in [-0.4, -0.2) is 64.1 Å². The van der Waals surface area contributed by atoms with Gasteiger partial charge in [0.15, 0.2) is 0 Å². The Morgan fingerprint density at radius 3 is 3.00 bits per heavy atom. The van der Waals surface area contributed by atoms with Crippen molar-refractivity contribution in [3.05, 3.63) is 12.7 Å². The fraction of sp³-hybridized carbons (Fsp3) is 0.769. The zero-order valence-corrected chi connectivity index (χ0v) is 12.3. The minimum atomic E-state index is -0.343. The number of carbonyl (C=O) groups is 1. The lowest BCUT2D eigenvalue weighted by Gasteiger charge is -2.42. The Hall–Kier alpha value is -1.47. The van der Waals surface area contributed by atoms with Gasteiger partial charge in [0.2, 0.25) is 5.91 Å². The van der Waals surface area contributed by atoms with E-state index in [9.17, 15) is 4.79 Å². The molecule has 20 heavy (non-hydrogen) atoms. The van der Waals surface area contributed by atoms with Crippen LogP contribution >= 0.6 is 0 Å². The first-order valence-corrected chi connectivity index (χ1v) is 6.77. The van der Waals surface area contributed by atoms with Crippen molar-refractivity contribution in [3.63, 3.8) is 0 Å². The van der Waals surface area contributed by atoms with Gasteiger partial charge < -0.3 is 14.4 Å². The minimum absolute atomic E-state index is 0.0703. The monoisotopic (exact) mass is 282 g/mol. The van der Waals surface area contributed by atoms with Gasteiger partial charge in [0.1, 0.15) is 12.7 Å². The highest BCUT2D eigenvalue weighted by molar-refractivity contribution is 5.76. The lowest BCUT2D eigenvalue weighted by molar-refractivity contribution is -0.168. The zero-order valence-electron chi connectivity index (χ0n) is 12.3. The Morgan fingerprint density at radius 1 is 1.55 bits per heavy atom. The highest BCUT2D eigenvalue weighted by Gasteiger charge is 2.35. The third kappa shape index (κ3) is 4.01. The summed E-state index contributed by atoms with van der Waals surface area (Å²) in [5.41, 5.74) is -0.343. The Labute approximate surface area is 118 Å². The van der Waals surface area contributed by atoms with Gasteiger partial charge >= 0.3 is 0 Å². The molecule has 112 valence electrons. The molecule has 1 saturated heterocycles.